The van der Waals surface area contributed by atoms with E-state index in [9.17, 15) is 9.59 Å². The van der Waals surface area contributed by atoms with Crippen molar-refractivity contribution in [2.24, 2.45) is 0 Å². The van der Waals surface area contributed by atoms with Crippen molar-refractivity contribution in [1.29, 1.82) is 0 Å². The number of unbranched alkanes of at least 4 members (excludes halogenated alkanes) is 28. The number of hydrogen-bond acceptors (Lipinski definition) is 5. The summed E-state index contributed by atoms with van der Waals surface area (Å²) in [6.45, 7) is 7.74. The Hall–Kier alpha value is -1.88. The number of carbonyl (C=O) groups excluding carboxylic acids is 2. The molecule has 0 heterocycles. The molecule has 0 amide bonds. The molecule has 0 radical (unpaired) electrons. The van der Waals surface area contributed by atoms with Crippen LogP contribution in [0, 0.1) is 0 Å². The minimum atomic E-state index is -0.532. The minimum absolute atomic E-state index is 0.0852. The van der Waals surface area contributed by atoms with Gasteiger partial charge in [-0.2, -0.15) is 0 Å². The fourth-order valence-corrected chi connectivity index (χ4v) is 6.99. The average Bonchev–Trinajstić information content (AvgIpc) is 3.20. The van der Waals surface area contributed by atoms with Crippen LogP contribution in [0.25, 0.3) is 0 Å². The predicted octanol–water partition coefficient (Wildman–Crippen LogP) is 16.2. The Balaban J connectivity index is 4.02. The molecule has 56 heavy (non-hydrogen) atoms. The highest BCUT2D eigenvalue weighted by Gasteiger charge is 2.17. The van der Waals surface area contributed by atoms with Gasteiger partial charge in [0.15, 0.2) is 6.10 Å². The number of esters is 2. The standard InChI is InChI=1S/C51H94O5/c1-4-7-10-13-15-17-19-21-23-24-25-26-27-29-31-33-35-37-40-43-46-54-47-49(56-51(53)45-42-38-12-9-6-3)48-55-50(52)44-41-39-36-34-32-30-28-22-20-18-16-14-11-8-5-2/h15,17,21,23,25-26,49H,4-14,16,18-20,22,24,27-48H2,1-3H3/b17-15-,23-21-,26-25-. The van der Waals surface area contributed by atoms with Gasteiger partial charge >= 0.3 is 11.9 Å². The van der Waals surface area contributed by atoms with Crippen molar-refractivity contribution < 1.29 is 23.8 Å². The van der Waals surface area contributed by atoms with Crippen LogP contribution in [0.5, 0.6) is 0 Å². The van der Waals surface area contributed by atoms with Crippen LogP contribution in [0.1, 0.15) is 252 Å². The number of rotatable bonds is 45. The molecule has 1 unspecified atom stereocenters. The van der Waals surface area contributed by atoms with Gasteiger partial charge in [0.25, 0.3) is 0 Å². The Morgan fingerprint density at radius 2 is 0.750 bits per heavy atom. The normalized spacial score (nSPS) is 12.4. The first-order chi connectivity index (χ1) is 27.6. The molecule has 0 saturated heterocycles. The van der Waals surface area contributed by atoms with Crippen molar-refractivity contribution in [3.8, 4) is 0 Å². The fraction of sp³-hybridized carbons (Fsp3) is 0.843. The quantitative estimate of drug-likeness (QED) is 0.0349. The van der Waals surface area contributed by atoms with Crippen LogP contribution >= 0.6 is 0 Å². The van der Waals surface area contributed by atoms with Crippen LogP contribution in [0.2, 0.25) is 0 Å². The van der Waals surface area contributed by atoms with E-state index in [-0.39, 0.29) is 25.2 Å². The Morgan fingerprint density at radius 3 is 1.23 bits per heavy atom. The molecule has 0 aliphatic heterocycles. The van der Waals surface area contributed by atoms with E-state index >= 15 is 0 Å². The first kappa shape index (κ1) is 54.1. The summed E-state index contributed by atoms with van der Waals surface area (Å²) in [7, 11) is 0. The second kappa shape index (κ2) is 47.5. The van der Waals surface area contributed by atoms with E-state index in [0.717, 1.165) is 57.8 Å². The van der Waals surface area contributed by atoms with Crippen LogP contribution in [0.15, 0.2) is 36.5 Å². The minimum Gasteiger partial charge on any atom is -0.462 e. The molecule has 5 nitrogen and oxygen atoms in total. The Morgan fingerprint density at radius 1 is 0.393 bits per heavy atom. The Labute approximate surface area is 349 Å². The van der Waals surface area contributed by atoms with Crippen molar-refractivity contribution in [1.82, 2.24) is 0 Å². The second-order valence-corrected chi connectivity index (χ2v) is 16.4. The summed E-state index contributed by atoms with van der Waals surface area (Å²) < 4.78 is 17.2. The lowest BCUT2D eigenvalue weighted by molar-refractivity contribution is -0.163. The average molecular weight is 787 g/mol. The van der Waals surface area contributed by atoms with E-state index in [0.29, 0.717) is 19.4 Å². The van der Waals surface area contributed by atoms with Crippen molar-refractivity contribution in [3.63, 3.8) is 0 Å². The van der Waals surface area contributed by atoms with Crippen LogP contribution < -0.4 is 0 Å². The summed E-state index contributed by atoms with van der Waals surface area (Å²) in [5, 5.41) is 0. The van der Waals surface area contributed by atoms with Gasteiger partial charge in [-0.1, -0.05) is 218 Å². The smallest absolute Gasteiger partial charge is 0.306 e. The van der Waals surface area contributed by atoms with Crippen LogP contribution in [-0.2, 0) is 23.8 Å². The zero-order valence-corrected chi connectivity index (χ0v) is 37.7. The summed E-state index contributed by atoms with van der Waals surface area (Å²) >= 11 is 0. The first-order valence-corrected chi connectivity index (χ1v) is 24.5. The molecule has 0 spiro atoms. The molecule has 328 valence electrons. The van der Waals surface area contributed by atoms with E-state index in [1.54, 1.807) is 0 Å². The van der Waals surface area contributed by atoms with E-state index in [1.165, 1.54) is 161 Å². The largest absolute Gasteiger partial charge is 0.462 e. The lowest BCUT2D eigenvalue weighted by Crippen LogP contribution is -2.30. The van der Waals surface area contributed by atoms with Crippen molar-refractivity contribution in [3.05, 3.63) is 36.5 Å². The third-order valence-corrected chi connectivity index (χ3v) is 10.7. The van der Waals surface area contributed by atoms with Gasteiger partial charge in [0.05, 0.1) is 6.61 Å². The maximum absolute atomic E-state index is 12.6. The molecule has 0 rings (SSSR count). The van der Waals surface area contributed by atoms with E-state index in [4.69, 9.17) is 14.2 Å². The number of carbonyl (C=O) groups is 2. The summed E-state index contributed by atoms with van der Waals surface area (Å²) in [4.78, 5) is 25.1. The van der Waals surface area contributed by atoms with Gasteiger partial charge in [0.1, 0.15) is 6.61 Å². The SMILES string of the molecule is CCCCC/C=C\C/C=C\C/C=C\CCCCCCCCCOCC(COC(=O)CCCCCCCCCCCCCCCCC)OC(=O)CCCCCCC. The summed E-state index contributed by atoms with van der Waals surface area (Å²) in [5.74, 6) is -0.405. The number of hydrogen-bond donors (Lipinski definition) is 0. The molecule has 0 N–H and O–H groups in total. The van der Waals surface area contributed by atoms with Crippen molar-refractivity contribution in [2.75, 3.05) is 19.8 Å². The molecule has 0 aliphatic carbocycles. The molecule has 0 aromatic heterocycles. The Kier molecular flexibility index (Phi) is 45.9. The second-order valence-electron chi connectivity index (χ2n) is 16.4. The van der Waals surface area contributed by atoms with E-state index in [1.807, 2.05) is 0 Å². The van der Waals surface area contributed by atoms with E-state index < -0.39 is 6.10 Å². The van der Waals surface area contributed by atoms with Gasteiger partial charge < -0.3 is 14.2 Å². The molecule has 0 aromatic carbocycles. The van der Waals surface area contributed by atoms with Gasteiger partial charge in [-0.15, -0.1) is 0 Å². The maximum Gasteiger partial charge on any atom is 0.306 e. The molecule has 0 aromatic rings. The topological polar surface area (TPSA) is 61.8 Å². The Bertz CT molecular complexity index is 893. The van der Waals surface area contributed by atoms with Gasteiger partial charge in [-0.05, 0) is 57.8 Å². The van der Waals surface area contributed by atoms with Gasteiger partial charge in [-0.25, -0.2) is 0 Å². The molecular formula is C51H94O5. The van der Waals surface area contributed by atoms with Gasteiger partial charge in [0, 0.05) is 19.4 Å². The highest BCUT2D eigenvalue weighted by molar-refractivity contribution is 5.70. The monoisotopic (exact) mass is 787 g/mol. The number of ether oxygens (including phenoxy) is 3. The fourth-order valence-electron chi connectivity index (χ4n) is 6.99. The predicted molar refractivity (Wildman–Crippen MR) is 242 cm³/mol. The molecule has 0 aliphatic rings. The molecule has 0 saturated carbocycles. The molecular weight excluding hydrogens is 693 g/mol. The zero-order chi connectivity index (χ0) is 40.7. The third kappa shape index (κ3) is 44.8. The first-order valence-electron chi connectivity index (χ1n) is 24.5. The highest BCUT2D eigenvalue weighted by atomic mass is 16.6. The van der Waals surface area contributed by atoms with E-state index in [2.05, 4.69) is 57.2 Å². The third-order valence-electron chi connectivity index (χ3n) is 10.7. The van der Waals surface area contributed by atoms with Crippen molar-refractivity contribution in [2.45, 2.75) is 258 Å². The van der Waals surface area contributed by atoms with Crippen LogP contribution in [0.4, 0.5) is 0 Å². The lowest BCUT2D eigenvalue weighted by Gasteiger charge is -2.18. The maximum atomic E-state index is 12.6. The summed E-state index contributed by atoms with van der Waals surface area (Å²) in [6.07, 6.45) is 56.0. The molecule has 0 fully saturated rings. The van der Waals surface area contributed by atoms with Crippen molar-refractivity contribution >= 4 is 11.9 Å². The number of allylic oxidation sites excluding steroid dienone is 6. The van der Waals surface area contributed by atoms with Crippen LogP contribution in [-0.4, -0.2) is 37.9 Å². The molecule has 5 heteroatoms. The molecule has 0 bridgehead atoms. The highest BCUT2D eigenvalue weighted by Crippen LogP contribution is 2.15. The van der Waals surface area contributed by atoms with Crippen LogP contribution in [0.3, 0.4) is 0 Å². The van der Waals surface area contributed by atoms with Gasteiger partial charge in [-0.3, -0.25) is 9.59 Å². The van der Waals surface area contributed by atoms with Gasteiger partial charge in [0.2, 0.25) is 0 Å². The lowest BCUT2D eigenvalue weighted by atomic mass is 10.0. The summed E-state index contributed by atoms with van der Waals surface area (Å²) in [5.41, 5.74) is 0. The zero-order valence-electron chi connectivity index (χ0n) is 37.7. The summed E-state index contributed by atoms with van der Waals surface area (Å²) in [6, 6.07) is 0. The molecule has 1 atom stereocenters.